The van der Waals surface area contributed by atoms with Crippen LogP contribution in [-0.2, 0) is 0 Å². The summed E-state index contributed by atoms with van der Waals surface area (Å²) in [5.74, 6) is 0.402. The van der Waals surface area contributed by atoms with Gasteiger partial charge in [-0.05, 0) is 42.7 Å². The quantitative estimate of drug-likeness (QED) is 0.837. The van der Waals surface area contributed by atoms with Crippen LogP contribution in [0.15, 0.2) is 51.6 Å². The first-order valence-corrected chi connectivity index (χ1v) is 7.15. The summed E-state index contributed by atoms with van der Waals surface area (Å²) in [6.45, 7) is 0.792. The number of rotatable bonds is 2. The van der Waals surface area contributed by atoms with Gasteiger partial charge >= 0.3 is 0 Å². The highest BCUT2D eigenvalue weighted by Gasteiger charge is 2.31. The molecule has 0 aliphatic carbocycles. The number of amides is 1. The SMILES string of the molecule is O=C(c1ccco1)N1CCCC1c1ccc(Br)cc1. The Morgan fingerprint density at radius 1 is 1.26 bits per heavy atom. The number of hydrogen-bond donors (Lipinski definition) is 0. The zero-order chi connectivity index (χ0) is 13.2. The molecule has 1 saturated heterocycles. The molecule has 1 fully saturated rings. The molecule has 0 N–H and O–H groups in total. The molecule has 1 aliphatic heterocycles. The van der Waals surface area contributed by atoms with Crippen molar-refractivity contribution in [2.75, 3.05) is 6.54 Å². The summed E-state index contributed by atoms with van der Waals surface area (Å²) in [6.07, 6.45) is 3.58. The van der Waals surface area contributed by atoms with Gasteiger partial charge < -0.3 is 9.32 Å². The fourth-order valence-corrected chi connectivity index (χ4v) is 2.85. The Balaban J connectivity index is 1.85. The van der Waals surface area contributed by atoms with Crippen molar-refractivity contribution in [1.29, 1.82) is 0 Å². The van der Waals surface area contributed by atoms with Crippen LogP contribution in [0.1, 0.15) is 35.0 Å². The molecule has 1 amide bonds. The van der Waals surface area contributed by atoms with Gasteiger partial charge in [0.1, 0.15) is 0 Å². The van der Waals surface area contributed by atoms with E-state index in [2.05, 4.69) is 28.1 Å². The van der Waals surface area contributed by atoms with Gasteiger partial charge in [0, 0.05) is 11.0 Å². The summed E-state index contributed by atoms with van der Waals surface area (Å²) < 4.78 is 6.27. The molecule has 1 atom stereocenters. The maximum absolute atomic E-state index is 12.4. The number of likely N-dealkylation sites (tertiary alicyclic amines) is 1. The molecule has 98 valence electrons. The maximum atomic E-state index is 12.4. The number of halogens is 1. The Hall–Kier alpha value is -1.55. The predicted molar refractivity (Wildman–Crippen MR) is 75.9 cm³/mol. The Kier molecular flexibility index (Phi) is 3.42. The van der Waals surface area contributed by atoms with E-state index < -0.39 is 0 Å². The second-order valence-electron chi connectivity index (χ2n) is 4.69. The predicted octanol–water partition coefficient (Wildman–Crippen LogP) is 4.02. The highest BCUT2D eigenvalue weighted by atomic mass is 79.9. The molecule has 1 aliphatic rings. The van der Waals surface area contributed by atoms with E-state index in [9.17, 15) is 4.79 Å². The van der Waals surface area contributed by atoms with Crippen LogP contribution in [0.2, 0.25) is 0 Å². The van der Waals surface area contributed by atoms with Gasteiger partial charge in [-0.15, -0.1) is 0 Å². The molecule has 0 bridgehead atoms. The minimum atomic E-state index is -0.0181. The molecule has 1 aromatic carbocycles. The largest absolute Gasteiger partial charge is 0.459 e. The molecule has 0 saturated carbocycles. The van der Waals surface area contributed by atoms with Crippen molar-refractivity contribution >= 4 is 21.8 Å². The van der Waals surface area contributed by atoms with Crippen LogP contribution in [0.5, 0.6) is 0 Å². The number of carbonyl (C=O) groups is 1. The third-order valence-corrected chi connectivity index (χ3v) is 4.03. The van der Waals surface area contributed by atoms with Gasteiger partial charge in [-0.3, -0.25) is 4.79 Å². The summed E-state index contributed by atoms with van der Waals surface area (Å²) in [6, 6.07) is 11.8. The lowest BCUT2D eigenvalue weighted by Crippen LogP contribution is -2.30. The molecule has 0 spiro atoms. The van der Waals surface area contributed by atoms with Crippen molar-refractivity contribution in [1.82, 2.24) is 4.90 Å². The van der Waals surface area contributed by atoms with E-state index in [1.165, 1.54) is 11.8 Å². The number of furan rings is 1. The molecule has 3 rings (SSSR count). The number of carbonyl (C=O) groups excluding carboxylic acids is 1. The summed E-state index contributed by atoms with van der Waals surface area (Å²) in [7, 11) is 0. The first-order chi connectivity index (χ1) is 9.25. The summed E-state index contributed by atoms with van der Waals surface area (Å²) in [4.78, 5) is 14.3. The number of nitrogens with zero attached hydrogens (tertiary/aromatic N) is 1. The molecule has 2 heterocycles. The van der Waals surface area contributed by atoms with Crippen molar-refractivity contribution in [3.05, 3.63) is 58.5 Å². The maximum Gasteiger partial charge on any atom is 0.290 e. The third kappa shape index (κ3) is 2.45. The molecular formula is C15H14BrNO2. The number of benzene rings is 1. The first kappa shape index (κ1) is 12.5. The van der Waals surface area contributed by atoms with Crippen molar-refractivity contribution < 1.29 is 9.21 Å². The van der Waals surface area contributed by atoms with Gasteiger partial charge in [0.15, 0.2) is 5.76 Å². The Morgan fingerprint density at radius 3 is 2.74 bits per heavy atom. The van der Waals surface area contributed by atoms with E-state index in [1.807, 2.05) is 17.0 Å². The van der Waals surface area contributed by atoms with E-state index in [0.717, 1.165) is 23.9 Å². The standard InChI is InChI=1S/C15H14BrNO2/c16-12-7-5-11(6-8-12)13-3-1-9-17(13)15(18)14-4-2-10-19-14/h2,4-8,10,13H,1,3,9H2. The minimum absolute atomic E-state index is 0.0181. The summed E-state index contributed by atoms with van der Waals surface area (Å²) in [5.41, 5.74) is 1.18. The van der Waals surface area contributed by atoms with E-state index in [4.69, 9.17) is 4.42 Å². The lowest BCUT2D eigenvalue weighted by Gasteiger charge is -2.24. The Bertz CT molecular complexity index is 562. The molecule has 1 unspecified atom stereocenters. The first-order valence-electron chi connectivity index (χ1n) is 6.35. The van der Waals surface area contributed by atoms with Crippen LogP contribution in [0.25, 0.3) is 0 Å². The minimum Gasteiger partial charge on any atom is -0.459 e. The molecule has 1 aromatic heterocycles. The molecule has 19 heavy (non-hydrogen) atoms. The van der Waals surface area contributed by atoms with Gasteiger partial charge in [0.05, 0.1) is 12.3 Å². The summed E-state index contributed by atoms with van der Waals surface area (Å²) >= 11 is 3.43. The van der Waals surface area contributed by atoms with E-state index in [1.54, 1.807) is 12.1 Å². The fraction of sp³-hybridized carbons (Fsp3) is 0.267. The molecule has 2 aromatic rings. The zero-order valence-electron chi connectivity index (χ0n) is 10.4. The number of hydrogen-bond acceptors (Lipinski definition) is 2. The van der Waals surface area contributed by atoms with Gasteiger partial charge in [0.25, 0.3) is 5.91 Å². The molecule has 4 heteroatoms. The molecular weight excluding hydrogens is 306 g/mol. The van der Waals surface area contributed by atoms with Gasteiger partial charge in [-0.25, -0.2) is 0 Å². The van der Waals surface area contributed by atoms with Crippen LogP contribution in [0.4, 0.5) is 0 Å². The zero-order valence-corrected chi connectivity index (χ0v) is 12.0. The van der Waals surface area contributed by atoms with Crippen LogP contribution in [0, 0.1) is 0 Å². The monoisotopic (exact) mass is 319 g/mol. The van der Waals surface area contributed by atoms with Crippen LogP contribution < -0.4 is 0 Å². The van der Waals surface area contributed by atoms with Crippen LogP contribution in [-0.4, -0.2) is 17.4 Å². The van der Waals surface area contributed by atoms with E-state index in [0.29, 0.717) is 5.76 Å². The normalized spacial score (nSPS) is 18.8. The third-order valence-electron chi connectivity index (χ3n) is 3.50. The van der Waals surface area contributed by atoms with E-state index >= 15 is 0 Å². The fourth-order valence-electron chi connectivity index (χ4n) is 2.58. The highest BCUT2D eigenvalue weighted by Crippen LogP contribution is 2.33. The molecule has 0 radical (unpaired) electrons. The Morgan fingerprint density at radius 2 is 2.05 bits per heavy atom. The summed E-state index contributed by atoms with van der Waals surface area (Å²) in [5, 5.41) is 0. The van der Waals surface area contributed by atoms with Crippen LogP contribution >= 0.6 is 15.9 Å². The van der Waals surface area contributed by atoms with E-state index in [-0.39, 0.29) is 11.9 Å². The molecule has 3 nitrogen and oxygen atoms in total. The smallest absolute Gasteiger partial charge is 0.290 e. The van der Waals surface area contributed by atoms with Crippen molar-refractivity contribution in [3.63, 3.8) is 0 Å². The lowest BCUT2D eigenvalue weighted by molar-refractivity contribution is 0.0703. The topological polar surface area (TPSA) is 33.5 Å². The van der Waals surface area contributed by atoms with Crippen molar-refractivity contribution in [3.8, 4) is 0 Å². The lowest BCUT2D eigenvalue weighted by atomic mass is 10.0. The van der Waals surface area contributed by atoms with Crippen molar-refractivity contribution in [2.45, 2.75) is 18.9 Å². The van der Waals surface area contributed by atoms with Gasteiger partial charge in [0.2, 0.25) is 0 Å². The van der Waals surface area contributed by atoms with Crippen LogP contribution in [0.3, 0.4) is 0 Å². The second-order valence-corrected chi connectivity index (χ2v) is 5.60. The van der Waals surface area contributed by atoms with Gasteiger partial charge in [-0.2, -0.15) is 0 Å². The van der Waals surface area contributed by atoms with Gasteiger partial charge in [-0.1, -0.05) is 28.1 Å². The highest BCUT2D eigenvalue weighted by molar-refractivity contribution is 9.10. The average molecular weight is 320 g/mol. The second kappa shape index (κ2) is 5.21. The van der Waals surface area contributed by atoms with Crippen molar-refractivity contribution in [2.24, 2.45) is 0 Å². The Labute approximate surface area is 120 Å². The average Bonchev–Trinajstić information content (AvgIpc) is 3.10.